The van der Waals surface area contributed by atoms with E-state index >= 15 is 0 Å². The van der Waals surface area contributed by atoms with Crippen molar-refractivity contribution in [1.82, 2.24) is 0 Å². The molecule has 152 valence electrons. The molecule has 0 fully saturated rings. The van der Waals surface area contributed by atoms with Gasteiger partial charge in [-0.3, -0.25) is 4.79 Å². The van der Waals surface area contributed by atoms with Crippen molar-refractivity contribution in [3.8, 4) is 5.75 Å². The first-order valence-corrected chi connectivity index (χ1v) is 9.89. The van der Waals surface area contributed by atoms with Crippen LogP contribution in [0, 0.1) is 0 Å². The molecule has 3 aromatic carbocycles. The minimum absolute atomic E-state index is 0.0391. The van der Waals surface area contributed by atoms with Gasteiger partial charge < -0.3 is 20.3 Å². The van der Waals surface area contributed by atoms with Gasteiger partial charge in [0.1, 0.15) is 5.75 Å². The molecule has 30 heavy (non-hydrogen) atoms. The van der Waals surface area contributed by atoms with Gasteiger partial charge in [-0.1, -0.05) is 41.4 Å². The SMILES string of the molecule is O=C(Nc1cccc(Cl)c1)Nc1ccc2c(c1)N(Cc1ccc(Cl)cc1)C(=O)CO2. The molecule has 4 rings (SSSR count). The van der Waals surface area contributed by atoms with Crippen LogP contribution in [0.3, 0.4) is 0 Å². The summed E-state index contributed by atoms with van der Waals surface area (Å²) in [4.78, 5) is 26.5. The van der Waals surface area contributed by atoms with Gasteiger partial charge in [0.25, 0.3) is 5.91 Å². The molecule has 6 nitrogen and oxygen atoms in total. The zero-order chi connectivity index (χ0) is 21.1. The van der Waals surface area contributed by atoms with Crippen molar-refractivity contribution in [3.05, 3.63) is 82.3 Å². The Hall–Kier alpha value is -3.22. The van der Waals surface area contributed by atoms with E-state index < -0.39 is 6.03 Å². The van der Waals surface area contributed by atoms with E-state index in [4.69, 9.17) is 27.9 Å². The van der Waals surface area contributed by atoms with E-state index in [2.05, 4.69) is 10.6 Å². The molecule has 0 saturated heterocycles. The summed E-state index contributed by atoms with van der Waals surface area (Å²) in [5.41, 5.74) is 2.60. The molecule has 1 aliphatic heterocycles. The third-order valence-corrected chi connectivity index (χ3v) is 4.98. The molecule has 8 heteroatoms. The molecule has 0 atom stereocenters. The standard InChI is InChI=1S/C22H17Cl2N3O3/c23-15-6-4-14(5-7-15)12-27-19-11-18(8-9-20(19)30-13-21(27)28)26-22(29)25-17-3-1-2-16(24)10-17/h1-11H,12-13H2,(H2,25,26,29). The average molecular weight is 442 g/mol. The number of hydrogen-bond acceptors (Lipinski definition) is 3. The van der Waals surface area contributed by atoms with Gasteiger partial charge in [-0.25, -0.2) is 4.79 Å². The normalized spacial score (nSPS) is 12.7. The summed E-state index contributed by atoms with van der Waals surface area (Å²) in [6, 6.07) is 18.9. The molecule has 0 bridgehead atoms. The fourth-order valence-electron chi connectivity index (χ4n) is 3.09. The second-order valence-electron chi connectivity index (χ2n) is 6.67. The number of halogens is 2. The number of benzene rings is 3. The van der Waals surface area contributed by atoms with Crippen molar-refractivity contribution in [2.75, 3.05) is 22.1 Å². The molecular weight excluding hydrogens is 425 g/mol. The number of nitrogens with zero attached hydrogens (tertiary/aromatic N) is 1. The zero-order valence-electron chi connectivity index (χ0n) is 15.7. The third-order valence-electron chi connectivity index (χ3n) is 4.50. The summed E-state index contributed by atoms with van der Waals surface area (Å²) < 4.78 is 5.54. The summed E-state index contributed by atoms with van der Waals surface area (Å²) in [6.45, 7) is 0.327. The Morgan fingerprint density at radius 3 is 2.40 bits per heavy atom. The van der Waals surface area contributed by atoms with Gasteiger partial charge in [0, 0.05) is 21.4 Å². The van der Waals surface area contributed by atoms with Crippen molar-refractivity contribution < 1.29 is 14.3 Å². The maximum atomic E-state index is 12.5. The topological polar surface area (TPSA) is 70.7 Å². The van der Waals surface area contributed by atoms with Crippen LogP contribution in [0.2, 0.25) is 10.0 Å². The molecule has 2 N–H and O–H groups in total. The van der Waals surface area contributed by atoms with Crippen molar-refractivity contribution in [1.29, 1.82) is 0 Å². The predicted molar refractivity (Wildman–Crippen MR) is 119 cm³/mol. The number of hydrogen-bond donors (Lipinski definition) is 2. The second-order valence-corrected chi connectivity index (χ2v) is 7.54. The molecule has 0 aliphatic carbocycles. The minimum Gasteiger partial charge on any atom is -0.482 e. The number of urea groups is 1. The fourth-order valence-corrected chi connectivity index (χ4v) is 3.40. The van der Waals surface area contributed by atoms with E-state index in [0.29, 0.717) is 39.4 Å². The number of anilines is 3. The first kappa shape index (κ1) is 20.1. The Labute approximate surface area is 183 Å². The van der Waals surface area contributed by atoms with E-state index in [-0.39, 0.29) is 12.5 Å². The van der Waals surface area contributed by atoms with Crippen molar-refractivity contribution >= 4 is 52.2 Å². The van der Waals surface area contributed by atoms with Crippen LogP contribution in [-0.4, -0.2) is 18.5 Å². The van der Waals surface area contributed by atoms with Crippen LogP contribution in [-0.2, 0) is 11.3 Å². The van der Waals surface area contributed by atoms with E-state index in [9.17, 15) is 9.59 Å². The number of carbonyl (C=O) groups is 2. The molecule has 0 spiro atoms. The van der Waals surface area contributed by atoms with Crippen LogP contribution in [0.1, 0.15) is 5.56 Å². The zero-order valence-corrected chi connectivity index (χ0v) is 17.2. The number of amides is 3. The molecule has 1 heterocycles. The highest BCUT2D eigenvalue weighted by Gasteiger charge is 2.26. The lowest BCUT2D eigenvalue weighted by molar-refractivity contribution is -0.121. The molecular formula is C22H17Cl2N3O3. The van der Waals surface area contributed by atoms with Gasteiger partial charge >= 0.3 is 6.03 Å². The van der Waals surface area contributed by atoms with Crippen LogP contribution >= 0.6 is 23.2 Å². The number of fused-ring (bicyclic) bond motifs is 1. The molecule has 0 unspecified atom stereocenters. The number of carbonyl (C=O) groups excluding carboxylic acids is 2. The molecule has 3 amide bonds. The maximum Gasteiger partial charge on any atom is 0.323 e. The van der Waals surface area contributed by atoms with Gasteiger partial charge in [0.05, 0.1) is 12.2 Å². The van der Waals surface area contributed by atoms with Crippen LogP contribution in [0.4, 0.5) is 21.9 Å². The monoisotopic (exact) mass is 441 g/mol. The minimum atomic E-state index is -0.426. The summed E-state index contributed by atoms with van der Waals surface area (Å²) in [7, 11) is 0. The number of nitrogens with one attached hydrogen (secondary N) is 2. The third kappa shape index (κ3) is 4.67. The Morgan fingerprint density at radius 1 is 0.933 bits per heavy atom. The smallest absolute Gasteiger partial charge is 0.323 e. The highest BCUT2D eigenvalue weighted by Crippen LogP contribution is 2.35. The molecule has 0 radical (unpaired) electrons. The summed E-state index contributed by atoms with van der Waals surface area (Å²) >= 11 is 11.9. The Bertz CT molecular complexity index is 1100. The van der Waals surface area contributed by atoms with Crippen LogP contribution < -0.4 is 20.3 Å². The van der Waals surface area contributed by atoms with Crippen LogP contribution in [0.25, 0.3) is 0 Å². The molecule has 0 aromatic heterocycles. The predicted octanol–water partition coefficient (Wildman–Crippen LogP) is 5.56. The Balaban J connectivity index is 1.53. The summed E-state index contributed by atoms with van der Waals surface area (Å²) in [5.74, 6) is 0.405. The van der Waals surface area contributed by atoms with Gasteiger partial charge in [-0.15, -0.1) is 0 Å². The van der Waals surface area contributed by atoms with E-state index in [0.717, 1.165) is 5.56 Å². The Kier molecular flexibility index (Phi) is 5.79. The van der Waals surface area contributed by atoms with E-state index in [1.165, 1.54) is 0 Å². The maximum absolute atomic E-state index is 12.5. The first-order valence-electron chi connectivity index (χ1n) is 9.13. The molecule has 0 saturated carbocycles. The van der Waals surface area contributed by atoms with Crippen molar-refractivity contribution in [2.24, 2.45) is 0 Å². The molecule has 3 aromatic rings. The quantitative estimate of drug-likeness (QED) is 0.556. The second kappa shape index (κ2) is 8.65. The van der Waals surface area contributed by atoms with Crippen molar-refractivity contribution in [2.45, 2.75) is 6.54 Å². The highest BCUT2D eigenvalue weighted by atomic mass is 35.5. The van der Waals surface area contributed by atoms with E-state index in [1.54, 1.807) is 59.5 Å². The van der Waals surface area contributed by atoms with Crippen LogP contribution in [0.15, 0.2) is 66.7 Å². The number of ether oxygens (including phenoxy) is 1. The van der Waals surface area contributed by atoms with Gasteiger partial charge in [-0.2, -0.15) is 0 Å². The number of rotatable bonds is 4. The lowest BCUT2D eigenvalue weighted by Crippen LogP contribution is -2.38. The lowest BCUT2D eigenvalue weighted by atomic mass is 10.1. The highest BCUT2D eigenvalue weighted by molar-refractivity contribution is 6.31. The van der Waals surface area contributed by atoms with Gasteiger partial charge in [0.2, 0.25) is 0 Å². The first-order chi connectivity index (χ1) is 14.5. The summed E-state index contributed by atoms with van der Waals surface area (Å²) in [5, 5.41) is 6.63. The van der Waals surface area contributed by atoms with Crippen molar-refractivity contribution in [3.63, 3.8) is 0 Å². The van der Waals surface area contributed by atoms with Crippen LogP contribution in [0.5, 0.6) is 5.75 Å². The fraction of sp³-hybridized carbons (Fsp3) is 0.0909. The van der Waals surface area contributed by atoms with Gasteiger partial charge in [0.15, 0.2) is 6.61 Å². The van der Waals surface area contributed by atoms with E-state index in [1.807, 2.05) is 12.1 Å². The van der Waals surface area contributed by atoms with Gasteiger partial charge in [-0.05, 0) is 54.1 Å². The molecule has 1 aliphatic rings. The Morgan fingerprint density at radius 2 is 1.67 bits per heavy atom. The largest absolute Gasteiger partial charge is 0.482 e. The average Bonchev–Trinajstić information content (AvgIpc) is 2.71. The summed E-state index contributed by atoms with van der Waals surface area (Å²) in [6.07, 6.45) is 0. The lowest BCUT2D eigenvalue weighted by Gasteiger charge is -2.30.